The second-order valence-electron chi connectivity index (χ2n) is 8.05. The first kappa shape index (κ1) is 17.4. The molecule has 3 rings (SSSR count). The molecule has 1 aromatic rings. The number of likely N-dealkylation sites (tertiary alicyclic amines) is 1. The molecule has 1 N–H and O–H groups in total. The van der Waals surface area contributed by atoms with Gasteiger partial charge >= 0.3 is 0 Å². The van der Waals surface area contributed by atoms with Gasteiger partial charge in [0.2, 0.25) is 11.8 Å². The minimum Gasteiger partial charge on any atom is -0.381 e. The number of amides is 1. The van der Waals surface area contributed by atoms with E-state index in [-0.39, 0.29) is 17.4 Å². The van der Waals surface area contributed by atoms with E-state index in [4.69, 9.17) is 9.26 Å². The predicted molar refractivity (Wildman–Crippen MR) is 92.0 cm³/mol. The number of hydrogen-bond acceptors (Lipinski definition) is 5. The van der Waals surface area contributed by atoms with Crippen molar-refractivity contribution < 1.29 is 14.1 Å². The maximum atomic E-state index is 12.7. The molecule has 0 aromatic carbocycles. The first-order valence-corrected chi connectivity index (χ1v) is 9.03. The first-order chi connectivity index (χ1) is 11.4. The quantitative estimate of drug-likeness (QED) is 0.916. The van der Waals surface area contributed by atoms with E-state index < -0.39 is 0 Å². The van der Waals surface area contributed by atoms with E-state index in [2.05, 4.69) is 36.1 Å². The van der Waals surface area contributed by atoms with Crippen LogP contribution in [0.2, 0.25) is 0 Å². The van der Waals surface area contributed by atoms with Crippen LogP contribution in [0.15, 0.2) is 10.6 Å². The summed E-state index contributed by atoms with van der Waals surface area (Å²) in [6.07, 6.45) is 4.29. The van der Waals surface area contributed by atoms with Crippen molar-refractivity contribution in [3.8, 4) is 0 Å². The third kappa shape index (κ3) is 4.16. The summed E-state index contributed by atoms with van der Waals surface area (Å²) < 4.78 is 10.9. The van der Waals surface area contributed by atoms with Crippen molar-refractivity contribution in [3.05, 3.63) is 11.8 Å². The average molecular weight is 335 g/mol. The number of anilines is 1. The Labute approximate surface area is 143 Å². The first-order valence-electron chi connectivity index (χ1n) is 9.03. The maximum Gasteiger partial charge on any atom is 0.244 e. The van der Waals surface area contributed by atoms with Gasteiger partial charge in [-0.05, 0) is 38.1 Å². The van der Waals surface area contributed by atoms with Crippen molar-refractivity contribution >= 4 is 11.8 Å². The summed E-state index contributed by atoms with van der Waals surface area (Å²) in [5, 5.41) is 6.96. The molecule has 0 saturated carbocycles. The largest absolute Gasteiger partial charge is 0.381 e. The summed E-state index contributed by atoms with van der Waals surface area (Å²) in [5.41, 5.74) is 0.757. The maximum absolute atomic E-state index is 12.7. The lowest BCUT2D eigenvalue weighted by Crippen LogP contribution is -2.43. The van der Waals surface area contributed by atoms with E-state index in [0.29, 0.717) is 11.8 Å². The minimum atomic E-state index is -0.0904. The Balaban J connectivity index is 1.58. The summed E-state index contributed by atoms with van der Waals surface area (Å²) in [6.45, 7) is 9.84. The lowest BCUT2D eigenvalue weighted by atomic mass is 9.92. The highest BCUT2D eigenvalue weighted by Gasteiger charge is 2.33. The summed E-state index contributed by atoms with van der Waals surface area (Å²) in [4.78, 5) is 15.0. The van der Waals surface area contributed by atoms with Crippen molar-refractivity contribution in [2.75, 3.05) is 31.6 Å². The van der Waals surface area contributed by atoms with Crippen molar-refractivity contribution in [2.45, 2.75) is 57.9 Å². The minimum absolute atomic E-state index is 0.0147. The highest BCUT2D eigenvalue weighted by Crippen LogP contribution is 2.26. The van der Waals surface area contributed by atoms with Crippen LogP contribution in [0, 0.1) is 5.92 Å². The van der Waals surface area contributed by atoms with Crippen molar-refractivity contribution in [2.24, 2.45) is 5.92 Å². The van der Waals surface area contributed by atoms with E-state index in [0.717, 1.165) is 51.3 Å². The van der Waals surface area contributed by atoms with E-state index >= 15 is 0 Å². The number of rotatable bonds is 4. The van der Waals surface area contributed by atoms with Crippen LogP contribution >= 0.6 is 0 Å². The van der Waals surface area contributed by atoms with Gasteiger partial charge in [-0.25, -0.2) is 0 Å². The Hall–Kier alpha value is -1.40. The Morgan fingerprint density at radius 3 is 2.88 bits per heavy atom. The standard InChI is InChI=1S/C18H29N3O3/c1-18(2,3)15-10-16(24-20-15)19-17(22)14-7-4-8-21(14)11-13-6-5-9-23-12-13/h10,13-14H,4-9,11-12H2,1-3H3,(H,19,22)/t13?,14-/m0/s1. The molecular weight excluding hydrogens is 306 g/mol. The normalized spacial score (nSPS) is 25.8. The smallest absolute Gasteiger partial charge is 0.244 e. The van der Waals surface area contributed by atoms with Gasteiger partial charge in [0.05, 0.1) is 18.3 Å². The van der Waals surface area contributed by atoms with Crippen LogP contribution in [0.5, 0.6) is 0 Å². The Morgan fingerprint density at radius 1 is 1.38 bits per heavy atom. The molecule has 6 heteroatoms. The summed E-state index contributed by atoms with van der Waals surface area (Å²) in [5.74, 6) is 1.00. The lowest BCUT2D eigenvalue weighted by molar-refractivity contribution is -0.120. The van der Waals surface area contributed by atoms with Crippen LogP contribution in [0.4, 0.5) is 5.88 Å². The zero-order chi connectivity index (χ0) is 17.2. The van der Waals surface area contributed by atoms with Crippen molar-refractivity contribution in [3.63, 3.8) is 0 Å². The molecule has 2 aliphatic rings. The molecule has 0 radical (unpaired) electrons. The fraction of sp³-hybridized carbons (Fsp3) is 0.778. The van der Waals surface area contributed by atoms with E-state index in [1.54, 1.807) is 0 Å². The number of carbonyl (C=O) groups is 1. The molecule has 2 saturated heterocycles. The van der Waals surface area contributed by atoms with Gasteiger partial charge < -0.3 is 9.26 Å². The van der Waals surface area contributed by atoms with E-state index in [1.807, 2.05) is 6.07 Å². The molecule has 24 heavy (non-hydrogen) atoms. The van der Waals surface area contributed by atoms with Gasteiger partial charge in [-0.1, -0.05) is 25.9 Å². The zero-order valence-electron chi connectivity index (χ0n) is 15.0. The third-order valence-electron chi connectivity index (χ3n) is 4.94. The second-order valence-corrected chi connectivity index (χ2v) is 8.05. The number of ether oxygens (including phenoxy) is 1. The van der Waals surface area contributed by atoms with Gasteiger partial charge in [-0.3, -0.25) is 15.0 Å². The molecule has 0 aliphatic carbocycles. The van der Waals surface area contributed by atoms with Crippen LogP contribution in [0.3, 0.4) is 0 Å². The van der Waals surface area contributed by atoms with Crippen LogP contribution < -0.4 is 5.32 Å². The van der Waals surface area contributed by atoms with E-state index in [1.165, 1.54) is 6.42 Å². The second kappa shape index (κ2) is 7.23. The number of nitrogens with one attached hydrogen (secondary N) is 1. The molecule has 1 unspecified atom stereocenters. The van der Waals surface area contributed by atoms with E-state index in [9.17, 15) is 4.79 Å². The van der Waals surface area contributed by atoms with Crippen LogP contribution in [-0.4, -0.2) is 48.3 Å². The highest BCUT2D eigenvalue weighted by molar-refractivity contribution is 5.93. The Bertz CT molecular complexity index is 558. The van der Waals surface area contributed by atoms with Gasteiger partial charge in [0, 0.05) is 24.6 Å². The molecular formula is C18H29N3O3. The molecule has 2 fully saturated rings. The van der Waals surface area contributed by atoms with Gasteiger partial charge in [-0.15, -0.1) is 0 Å². The van der Waals surface area contributed by atoms with Gasteiger partial charge in [0.15, 0.2) is 0 Å². The SMILES string of the molecule is CC(C)(C)c1cc(NC(=O)[C@@H]2CCCN2CC2CCCOC2)on1. The molecule has 1 aromatic heterocycles. The zero-order valence-corrected chi connectivity index (χ0v) is 15.0. The molecule has 0 bridgehead atoms. The van der Waals surface area contributed by atoms with Crippen molar-refractivity contribution in [1.29, 1.82) is 0 Å². The number of hydrogen-bond donors (Lipinski definition) is 1. The average Bonchev–Trinajstić information content (AvgIpc) is 3.17. The third-order valence-corrected chi connectivity index (χ3v) is 4.94. The predicted octanol–water partition coefficient (Wildman–Crippen LogP) is 2.80. The molecule has 134 valence electrons. The number of aromatic nitrogens is 1. The Kier molecular flexibility index (Phi) is 5.25. The lowest BCUT2D eigenvalue weighted by Gasteiger charge is -2.30. The monoisotopic (exact) mass is 335 g/mol. The van der Waals surface area contributed by atoms with Crippen LogP contribution in [0.1, 0.15) is 52.1 Å². The van der Waals surface area contributed by atoms with Crippen LogP contribution in [-0.2, 0) is 14.9 Å². The van der Waals surface area contributed by atoms with Gasteiger partial charge in [-0.2, -0.15) is 0 Å². The molecule has 6 nitrogen and oxygen atoms in total. The number of carbonyl (C=O) groups excluding carboxylic acids is 1. The topological polar surface area (TPSA) is 67.6 Å². The molecule has 1 amide bonds. The summed E-state index contributed by atoms with van der Waals surface area (Å²) in [6, 6.07) is 1.75. The fourth-order valence-electron chi connectivity index (χ4n) is 3.52. The number of nitrogens with zero attached hydrogens (tertiary/aromatic N) is 2. The highest BCUT2D eigenvalue weighted by atomic mass is 16.5. The Morgan fingerprint density at radius 2 is 2.21 bits per heavy atom. The van der Waals surface area contributed by atoms with Crippen molar-refractivity contribution in [1.82, 2.24) is 10.1 Å². The molecule has 2 aliphatic heterocycles. The fourth-order valence-corrected chi connectivity index (χ4v) is 3.52. The van der Waals surface area contributed by atoms with Gasteiger partial charge in [0.25, 0.3) is 0 Å². The molecule has 0 spiro atoms. The van der Waals surface area contributed by atoms with Crippen LogP contribution in [0.25, 0.3) is 0 Å². The summed E-state index contributed by atoms with van der Waals surface area (Å²) >= 11 is 0. The molecule has 2 atom stereocenters. The summed E-state index contributed by atoms with van der Waals surface area (Å²) in [7, 11) is 0. The van der Waals surface area contributed by atoms with Gasteiger partial charge in [0.1, 0.15) is 0 Å². The molecule has 3 heterocycles.